The Morgan fingerprint density at radius 1 is 1.35 bits per heavy atom. The van der Waals surface area contributed by atoms with Crippen molar-refractivity contribution in [1.29, 1.82) is 0 Å². The van der Waals surface area contributed by atoms with Crippen LogP contribution in [0, 0.1) is 0 Å². The van der Waals surface area contributed by atoms with E-state index in [-0.39, 0.29) is 18.2 Å². The largest absolute Gasteiger partial charge is 0.394 e. The maximum Gasteiger partial charge on any atom is 0.207 e. The van der Waals surface area contributed by atoms with Crippen LogP contribution >= 0.6 is 0 Å². The summed E-state index contributed by atoms with van der Waals surface area (Å²) >= 11 is 0. The monoisotopic (exact) mass is 333 g/mol. The number of ether oxygens (including phenoxy) is 2. The minimum Gasteiger partial charge on any atom is -0.394 e. The molecule has 8 atom stereocenters. The number of aliphatic hydroxyl groups excluding tert-OH is 4. The molecule has 8 nitrogen and oxygen atoms in total. The molecule has 2 saturated heterocycles. The van der Waals surface area contributed by atoms with Gasteiger partial charge in [0.15, 0.2) is 6.23 Å². The molecule has 2 rings (SSSR count). The van der Waals surface area contributed by atoms with Gasteiger partial charge in [-0.3, -0.25) is 9.69 Å². The lowest BCUT2D eigenvalue weighted by Gasteiger charge is -2.43. The van der Waals surface area contributed by atoms with Crippen molar-refractivity contribution < 1.29 is 34.7 Å². The van der Waals surface area contributed by atoms with E-state index in [0.29, 0.717) is 6.42 Å². The summed E-state index contributed by atoms with van der Waals surface area (Å²) in [5, 5.41) is 38.0. The Morgan fingerprint density at radius 2 is 1.96 bits per heavy atom. The van der Waals surface area contributed by atoms with Crippen LogP contribution in [0.4, 0.5) is 0 Å². The van der Waals surface area contributed by atoms with E-state index >= 15 is 0 Å². The normalized spacial score (nSPS) is 42.1. The van der Waals surface area contributed by atoms with E-state index in [4.69, 9.17) is 14.6 Å². The summed E-state index contributed by atoms with van der Waals surface area (Å²) in [7, 11) is 1.70. The number of aliphatic hydroxyl groups is 4. The molecule has 8 unspecified atom stereocenters. The van der Waals surface area contributed by atoms with Crippen molar-refractivity contribution in [3.05, 3.63) is 0 Å². The second-order valence-corrected chi connectivity index (χ2v) is 6.84. The number of likely N-dealkylation sites (N-methyl/N-ethyl adjacent to an activating group) is 1. The van der Waals surface area contributed by atoms with E-state index in [1.807, 2.05) is 20.8 Å². The first-order chi connectivity index (χ1) is 10.6. The van der Waals surface area contributed by atoms with Crippen molar-refractivity contribution in [3.8, 4) is 0 Å². The van der Waals surface area contributed by atoms with Crippen molar-refractivity contribution in [2.24, 2.45) is 0 Å². The van der Waals surface area contributed by atoms with Crippen LogP contribution in [0.1, 0.15) is 27.2 Å². The molecule has 0 radical (unpaired) electrons. The number of hydrogen-bond acceptors (Lipinski definition) is 8. The van der Waals surface area contributed by atoms with Gasteiger partial charge in [0.2, 0.25) is 5.78 Å². The van der Waals surface area contributed by atoms with Gasteiger partial charge in [0.05, 0.1) is 30.5 Å². The van der Waals surface area contributed by atoms with E-state index < -0.39 is 42.5 Å². The first-order valence-electron chi connectivity index (χ1n) is 7.86. The van der Waals surface area contributed by atoms with E-state index in [1.54, 1.807) is 11.9 Å². The number of carbonyl (C=O) groups is 1. The van der Waals surface area contributed by atoms with Crippen molar-refractivity contribution >= 4 is 5.78 Å². The maximum atomic E-state index is 12.5. The number of rotatable bonds is 5. The molecule has 2 heterocycles. The topological polar surface area (TPSA) is 120 Å². The van der Waals surface area contributed by atoms with Crippen LogP contribution in [0.2, 0.25) is 0 Å². The molecule has 0 spiro atoms. The van der Waals surface area contributed by atoms with Crippen molar-refractivity contribution in [3.63, 3.8) is 0 Å². The van der Waals surface area contributed by atoms with E-state index in [9.17, 15) is 20.1 Å². The molecule has 2 aliphatic heterocycles. The number of ketones is 1. The Morgan fingerprint density at radius 3 is 2.52 bits per heavy atom. The Balaban J connectivity index is 2.17. The molecule has 0 aromatic heterocycles. The smallest absolute Gasteiger partial charge is 0.207 e. The molecule has 23 heavy (non-hydrogen) atoms. The highest BCUT2D eigenvalue weighted by Crippen LogP contribution is 2.42. The van der Waals surface area contributed by atoms with Gasteiger partial charge in [-0.1, -0.05) is 0 Å². The third-order valence-electron chi connectivity index (χ3n) is 4.84. The first-order valence-corrected chi connectivity index (χ1v) is 7.86. The fraction of sp³-hybridized carbons (Fsp3) is 0.933. The van der Waals surface area contributed by atoms with Crippen molar-refractivity contribution in [2.45, 2.75) is 75.6 Å². The zero-order valence-electron chi connectivity index (χ0n) is 13.9. The molecule has 0 amide bonds. The van der Waals surface area contributed by atoms with Crippen LogP contribution < -0.4 is 0 Å². The summed E-state index contributed by atoms with van der Waals surface area (Å²) in [5.74, 6) is -0.747. The van der Waals surface area contributed by atoms with Gasteiger partial charge in [0.25, 0.3) is 0 Å². The van der Waals surface area contributed by atoms with Gasteiger partial charge in [-0.05, 0) is 27.8 Å². The van der Waals surface area contributed by atoms with Gasteiger partial charge >= 0.3 is 0 Å². The van der Waals surface area contributed by atoms with E-state index in [0.717, 1.165) is 0 Å². The summed E-state index contributed by atoms with van der Waals surface area (Å²) in [6.45, 7) is 5.00. The van der Waals surface area contributed by atoms with Gasteiger partial charge < -0.3 is 29.9 Å². The molecule has 8 heteroatoms. The SMILES string of the molecule is CC1CC2(C)OC(C(=O)C(O)C(O)C(O)CO)N(C)C2C(C)O1. The highest BCUT2D eigenvalue weighted by molar-refractivity contribution is 5.87. The Labute approximate surface area is 135 Å². The zero-order valence-corrected chi connectivity index (χ0v) is 13.9. The average Bonchev–Trinajstić information content (AvgIpc) is 2.75. The zero-order chi connectivity index (χ0) is 17.5. The lowest BCUT2D eigenvalue weighted by molar-refractivity contribution is -0.165. The molecule has 0 aliphatic carbocycles. The Bertz CT molecular complexity index is 448. The van der Waals surface area contributed by atoms with Crippen LogP contribution in [-0.2, 0) is 14.3 Å². The highest BCUT2D eigenvalue weighted by atomic mass is 16.6. The fourth-order valence-corrected chi connectivity index (χ4v) is 3.93. The van der Waals surface area contributed by atoms with Gasteiger partial charge in [-0.2, -0.15) is 0 Å². The second kappa shape index (κ2) is 6.72. The second-order valence-electron chi connectivity index (χ2n) is 6.84. The predicted molar refractivity (Wildman–Crippen MR) is 79.6 cm³/mol. The molecule has 0 saturated carbocycles. The molecule has 0 bridgehead atoms. The summed E-state index contributed by atoms with van der Waals surface area (Å²) < 4.78 is 11.7. The fourth-order valence-electron chi connectivity index (χ4n) is 3.93. The van der Waals surface area contributed by atoms with Crippen molar-refractivity contribution in [2.75, 3.05) is 13.7 Å². The molecular formula is C15H27NO7. The lowest BCUT2D eigenvalue weighted by atomic mass is 9.84. The average molecular weight is 333 g/mol. The lowest BCUT2D eigenvalue weighted by Crippen LogP contribution is -2.56. The van der Waals surface area contributed by atoms with Gasteiger partial charge in [-0.15, -0.1) is 0 Å². The number of carbonyl (C=O) groups excluding carboxylic acids is 1. The Kier molecular flexibility index (Phi) is 5.47. The maximum absolute atomic E-state index is 12.5. The number of Topliss-reactive ketones (excluding diaryl/α,β-unsaturated/α-hetero) is 1. The van der Waals surface area contributed by atoms with Crippen LogP contribution in [0.3, 0.4) is 0 Å². The summed E-state index contributed by atoms with van der Waals surface area (Å²) in [4.78, 5) is 14.2. The molecule has 2 aliphatic rings. The van der Waals surface area contributed by atoms with Crippen LogP contribution in [0.5, 0.6) is 0 Å². The molecule has 2 fully saturated rings. The molecule has 134 valence electrons. The molecule has 0 aromatic rings. The van der Waals surface area contributed by atoms with Crippen molar-refractivity contribution in [1.82, 2.24) is 4.90 Å². The third-order valence-corrected chi connectivity index (χ3v) is 4.84. The van der Waals surface area contributed by atoms with E-state index in [2.05, 4.69) is 0 Å². The minimum absolute atomic E-state index is 0.0137. The number of fused-ring (bicyclic) bond motifs is 1. The van der Waals surface area contributed by atoms with E-state index in [1.165, 1.54) is 0 Å². The summed E-state index contributed by atoms with van der Waals surface area (Å²) in [6, 6.07) is -0.167. The summed E-state index contributed by atoms with van der Waals surface area (Å²) in [6.07, 6.45) is -5.82. The standard InChI is InChI=1S/C15H27NO7/c1-7-5-15(3)13(8(2)22-7)16(4)14(23-15)12(21)11(20)10(19)9(18)6-17/h7-11,13-14,17-20H,5-6H2,1-4H3. The van der Waals surface area contributed by atoms with Gasteiger partial charge in [0.1, 0.15) is 18.3 Å². The third kappa shape index (κ3) is 3.30. The molecule has 0 aromatic carbocycles. The number of nitrogens with zero attached hydrogens (tertiary/aromatic N) is 1. The van der Waals surface area contributed by atoms with Gasteiger partial charge in [-0.25, -0.2) is 0 Å². The number of hydrogen-bond donors (Lipinski definition) is 4. The van der Waals surface area contributed by atoms with Gasteiger partial charge in [0, 0.05) is 6.42 Å². The summed E-state index contributed by atoms with van der Waals surface area (Å²) in [5.41, 5.74) is -0.605. The molecular weight excluding hydrogens is 306 g/mol. The van der Waals surface area contributed by atoms with Crippen LogP contribution in [-0.4, -0.2) is 93.2 Å². The minimum atomic E-state index is -1.85. The molecule has 4 N–H and O–H groups in total. The quantitative estimate of drug-likeness (QED) is 0.467. The highest BCUT2D eigenvalue weighted by Gasteiger charge is 2.57. The predicted octanol–water partition coefficient (Wildman–Crippen LogP) is -1.76. The van der Waals surface area contributed by atoms with Crippen LogP contribution in [0.25, 0.3) is 0 Å². The van der Waals surface area contributed by atoms with Crippen LogP contribution in [0.15, 0.2) is 0 Å². The first kappa shape index (κ1) is 18.7. The Hall–Kier alpha value is -0.610.